The quantitative estimate of drug-likeness (QED) is 0.721. The summed E-state index contributed by atoms with van der Waals surface area (Å²) in [6.07, 6.45) is 5.61. The highest BCUT2D eigenvalue weighted by Crippen LogP contribution is 2.36. The Bertz CT molecular complexity index is 531. The number of carbonyl (C=O) groups is 1. The predicted octanol–water partition coefficient (Wildman–Crippen LogP) is 1.02. The molecular weight excluding hydrogens is 214 g/mol. The molecule has 1 N–H and O–H groups in total. The fraction of sp³-hybridized carbons (Fsp3) is 0.357. The number of piperidine rings is 1. The van der Waals surface area contributed by atoms with Crippen LogP contribution in [-0.4, -0.2) is 29.2 Å². The molecule has 1 fully saturated rings. The number of benzene rings is 1. The third-order valence-corrected chi connectivity index (χ3v) is 3.85. The number of likely N-dealkylation sites (tertiary alicyclic amines) is 1. The van der Waals surface area contributed by atoms with E-state index in [-0.39, 0.29) is 5.41 Å². The van der Waals surface area contributed by atoms with Gasteiger partial charge in [0.1, 0.15) is 0 Å². The second-order valence-corrected chi connectivity index (χ2v) is 4.92. The van der Waals surface area contributed by atoms with Gasteiger partial charge in [0.05, 0.1) is 0 Å². The molecule has 0 atom stereocenters. The zero-order valence-electron chi connectivity index (χ0n) is 9.60. The molecule has 0 saturated carbocycles. The van der Waals surface area contributed by atoms with Crippen LogP contribution >= 0.6 is 0 Å². The predicted molar refractivity (Wildman–Crippen MR) is 65.9 cm³/mol. The Morgan fingerprint density at radius 1 is 1.12 bits per heavy atom. The first-order valence-electron chi connectivity index (χ1n) is 5.97. The van der Waals surface area contributed by atoms with Gasteiger partial charge in [-0.15, -0.1) is 0 Å². The minimum atomic E-state index is -0.796. The molecule has 1 aromatic rings. The summed E-state index contributed by atoms with van der Waals surface area (Å²) in [6.45, 7) is 1.27. The minimum Gasteiger partial charge on any atom is -0.465 e. The van der Waals surface area contributed by atoms with Crippen LogP contribution in [0.15, 0.2) is 24.3 Å². The van der Waals surface area contributed by atoms with Gasteiger partial charge in [0.15, 0.2) is 0 Å². The summed E-state index contributed by atoms with van der Waals surface area (Å²) in [5, 5.41) is 11.5. The standard InChI is InChI=1S/C14H15NO2/c16-13(17)15-7-5-14(6-8-15)9-11-3-1-2-4-12(11)10-14/h1-4,9-10H,5-8H2,(H,16,17). The van der Waals surface area contributed by atoms with Crippen molar-refractivity contribution in [1.82, 2.24) is 4.90 Å². The molecule has 0 aromatic heterocycles. The van der Waals surface area contributed by atoms with Crippen LogP contribution in [0.5, 0.6) is 0 Å². The molecule has 17 heavy (non-hydrogen) atoms. The summed E-state index contributed by atoms with van der Waals surface area (Å²) >= 11 is 0. The minimum absolute atomic E-state index is 0.0929. The molecule has 3 heteroatoms. The zero-order valence-corrected chi connectivity index (χ0v) is 9.60. The summed E-state index contributed by atoms with van der Waals surface area (Å²) in [6, 6.07) is 8.36. The van der Waals surface area contributed by atoms with Crippen LogP contribution in [0, 0.1) is 5.41 Å². The Kier molecular flexibility index (Phi) is 2.21. The van der Waals surface area contributed by atoms with Crippen LogP contribution in [0.3, 0.4) is 0 Å². The fourth-order valence-corrected chi connectivity index (χ4v) is 2.84. The molecule has 1 aromatic carbocycles. The Morgan fingerprint density at radius 3 is 2.12 bits per heavy atom. The maximum atomic E-state index is 10.9. The van der Waals surface area contributed by atoms with E-state index in [4.69, 9.17) is 5.11 Å². The number of carboxylic acid groups (broad SMARTS) is 1. The van der Waals surface area contributed by atoms with Gasteiger partial charge < -0.3 is 10.0 Å². The van der Waals surface area contributed by atoms with Crippen LogP contribution in [0.2, 0.25) is 0 Å². The second-order valence-electron chi connectivity index (χ2n) is 4.92. The highest BCUT2D eigenvalue weighted by atomic mass is 16.4. The van der Waals surface area contributed by atoms with Gasteiger partial charge in [0.25, 0.3) is 0 Å². The van der Waals surface area contributed by atoms with E-state index in [0.717, 1.165) is 12.8 Å². The first-order valence-corrected chi connectivity index (χ1v) is 5.97. The van der Waals surface area contributed by atoms with Gasteiger partial charge in [0, 0.05) is 18.5 Å². The molecule has 1 aliphatic heterocycles. The van der Waals surface area contributed by atoms with Crippen LogP contribution in [-0.2, 0) is 0 Å². The fourth-order valence-electron chi connectivity index (χ4n) is 2.84. The van der Waals surface area contributed by atoms with Crippen molar-refractivity contribution in [2.45, 2.75) is 12.8 Å². The van der Waals surface area contributed by atoms with E-state index in [2.05, 4.69) is 36.4 Å². The molecule has 0 bridgehead atoms. The molecule has 0 unspecified atom stereocenters. The summed E-state index contributed by atoms with van der Waals surface area (Å²) in [4.78, 5) is 12.4. The number of rotatable bonds is 0. The van der Waals surface area contributed by atoms with Gasteiger partial charge in [-0.25, -0.2) is 4.79 Å². The van der Waals surface area contributed by atoms with E-state index in [1.54, 1.807) is 0 Å². The first-order chi connectivity index (χ1) is 8.19. The van der Waals surface area contributed by atoms with Gasteiger partial charge in [-0.2, -0.15) is 0 Å². The average molecular weight is 229 g/mol. The molecule has 1 heterocycles. The lowest BCUT2D eigenvalue weighted by atomic mass is 9.79. The first kappa shape index (κ1) is 10.4. The van der Waals surface area contributed by atoms with Crippen molar-refractivity contribution in [3.05, 3.63) is 34.7 Å². The molecule has 3 rings (SSSR count). The lowest BCUT2D eigenvalue weighted by Gasteiger charge is -2.35. The van der Waals surface area contributed by atoms with Crippen molar-refractivity contribution in [3.63, 3.8) is 0 Å². The Morgan fingerprint density at radius 2 is 1.65 bits per heavy atom. The molecule has 1 spiro atoms. The molecule has 1 saturated heterocycles. The highest BCUT2D eigenvalue weighted by molar-refractivity contribution is 5.66. The monoisotopic (exact) mass is 229 g/mol. The molecule has 88 valence electrons. The molecule has 1 aliphatic carbocycles. The summed E-state index contributed by atoms with van der Waals surface area (Å²) in [5.41, 5.74) is 0.0929. The summed E-state index contributed by atoms with van der Waals surface area (Å²) < 4.78 is 0. The number of fused-ring (bicyclic) bond motifs is 1. The maximum Gasteiger partial charge on any atom is 0.407 e. The van der Waals surface area contributed by atoms with Crippen LogP contribution in [0.25, 0.3) is 12.2 Å². The van der Waals surface area contributed by atoms with Gasteiger partial charge in [-0.3, -0.25) is 0 Å². The molecular formula is C14H15NO2. The van der Waals surface area contributed by atoms with Crippen molar-refractivity contribution in [2.24, 2.45) is 5.41 Å². The zero-order chi connectivity index (χ0) is 11.9. The number of hydrogen-bond acceptors (Lipinski definition) is 1. The van der Waals surface area contributed by atoms with Crippen molar-refractivity contribution in [1.29, 1.82) is 0 Å². The third-order valence-electron chi connectivity index (χ3n) is 3.85. The van der Waals surface area contributed by atoms with E-state index >= 15 is 0 Å². The third kappa shape index (κ3) is 1.71. The summed E-state index contributed by atoms with van der Waals surface area (Å²) in [7, 11) is 0. The highest BCUT2D eigenvalue weighted by Gasteiger charge is 2.33. The van der Waals surface area contributed by atoms with Crippen molar-refractivity contribution in [3.8, 4) is 0 Å². The van der Waals surface area contributed by atoms with Crippen LogP contribution in [0.1, 0.15) is 12.8 Å². The SMILES string of the molecule is O=C(O)N1CCC2(C=c3ccccc3=C2)CC1. The number of nitrogens with zero attached hydrogens (tertiary/aromatic N) is 1. The summed E-state index contributed by atoms with van der Waals surface area (Å²) in [5.74, 6) is 0. The number of hydrogen-bond donors (Lipinski definition) is 1. The van der Waals surface area contributed by atoms with E-state index in [0.29, 0.717) is 13.1 Å². The van der Waals surface area contributed by atoms with Crippen molar-refractivity contribution in [2.75, 3.05) is 13.1 Å². The van der Waals surface area contributed by atoms with Crippen LogP contribution in [0.4, 0.5) is 4.79 Å². The Labute approximate surface area is 99.7 Å². The lowest BCUT2D eigenvalue weighted by molar-refractivity contribution is 0.124. The van der Waals surface area contributed by atoms with E-state index in [1.807, 2.05) is 0 Å². The number of amides is 1. The van der Waals surface area contributed by atoms with Crippen LogP contribution < -0.4 is 10.4 Å². The van der Waals surface area contributed by atoms with Gasteiger partial charge in [-0.05, 0) is 23.3 Å². The Balaban J connectivity index is 1.89. The molecule has 3 nitrogen and oxygen atoms in total. The van der Waals surface area contributed by atoms with E-state index < -0.39 is 6.09 Å². The van der Waals surface area contributed by atoms with Crippen molar-refractivity contribution >= 4 is 18.2 Å². The largest absolute Gasteiger partial charge is 0.465 e. The topological polar surface area (TPSA) is 40.5 Å². The van der Waals surface area contributed by atoms with Gasteiger partial charge in [0.2, 0.25) is 0 Å². The van der Waals surface area contributed by atoms with E-state index in [1.165, 1.54) is 15.3 Å². The van der Waals surface area contributed by atoms with Gasteiger partial charge >= 0.3 is 6.09 Å². The molecule has 2 aliphatic rings. The van der Waals surface area contributed by atoms with E-state index in [9.17, 15) is 4.79 Å². The molecule has 1 amide bonds. The van der Waals surface area contributed by atoms with Gasteiger partial charge in [-0.1, -0.05) is 36.4 Å². The average Bonchev–Trinajstić information content (AvgIpc) is 2.67. The molecule has 0 radical (unpaired) electrons. The Hall–Kier alpha value is -1.77. The maximum absolute atomic E-state index is 10.9. The van der Waals surface area contributed by atoms with Crippen molar-refractivity contribution < 1.29 is 9.90 Å². The lowest BCUT2D eigenvalue weighted by Crippen LogP contribution is -2.40. The normalized spacial score (nSPS) is 20.6. The second kappa shape index (κ2) is 3.62. The smallest absolute Gasteiger partial charge is 0.407 e.